The molecule has 2 aromatic carbocycles. The molecule has 4 aromatic rings. The molecular weight excluding hydrogens is 431 g/mol. The van der Waals surface area contributed by atoms with Crippen molar-refractivity contribution in [2.24, 2.45) is 7.05 Å². The highest BCUT2D eigenvalue weighted by Gasteiger charge is 2.30. The average Bonchev–Trinajstić information content (AvgIpc) is 3.49. The van der Waals surface area contributed by atoms with Crippen LogP contribution in [0, 0.1) is 0 Å². The fraction of sp³-hybridized carbons (Fsp3) is 0.333. The largest absolute Gasteiger partial charge is 0.416 e. The third-order valence-electron chi connectivity index (χ3n) is 6.32. The van der Waals surface area contributed by atoms with Crippen LogP contribution in [0.25, 0.3) is 27.6 Å². The first kappa shape index (κ1) is 21.5. The van der Waals surface area contributed by atoms with Gasteiger partial charge in [-0.2, -0.15) is 18.3 Å². The van der Waals surface area contributed by atoms with Gasteiger partial charge >= 0.3 is 6.18 Å². The van der Waals surface area contributed by atoms with Crippen molar-refractivity contribution in [2.75, 3.05) is 6.54 Å². The molecule has 0 saturated carbocycles. The molecule has 1 amide bonds. The summed E-state index contributed by atoms with van der Waals surface area (Å²) in [6.45, 7) is 2.97. The van der Waals surface area contributed by atoms with Crippen LogP contribution in [0.5, 0.6) is 0 Å². The number of aryl methyl sites for hydroxylation is 1. The number of aromatic nitrogens is 3. The molecule has 1 aliphatic rings. The van der Waals surface area contributed by atoms with Crippen LogP contribution in [0.4, 0.5) is 13.2 Å². The highest BCUT2D eigenvalue weighted by Crippen LogP contribution is 2.34. The second kappa shape index (κ2) is 7.91. The van der Waals surface area contributed by atoms with Crippen molar-refractivity contribution < 1.29 is 18.0 Å². The van der Waals surface area contributed by atoms with Crippen molar-refractivity contribution in [1.82, 2.24) is 25.0 Å². The first-order valence-corrected chi connectivity index (χ1v) is 10.9. The van der Waals surface area contributed by atoms with E-state index in [1.165, 1.54) is 12.1 Å². The summed E-state index contributed by atoms with van der Waals surface area (Å²) in [4.78, 5) is 12.9. The van der Waals surface area contributed by atoms with E-state index in [2.05, 4.69) is 15.7 Å². The summed E-state index contributed by atoms with van der Waals surface area (Å²) in [7, 11) is 1.79. The predicted molar refractivity (Wildman–Crippen MR) is 121 cm³/mol. The van der Waals surface area contributed by atoms with Crippen molar-refractivity contribution in [3.63, 3.8) is 0 Å². The van der Waals surface area contributed by atoms with Crippen LogP contribution in [-0.4, -0.2) is 38.9 Å². The first-order chi connectivity index (χ1) is 15.7. The zero-order valence-corrected chi connectivity index (χ0v) is 18.3. The molecule has 2 atom stereocenters. The van der Waals surface area contributed by atoms with E-state index >= 15 is 0 Å². The minimum Gasteiger partial charge on any atom is -0.348 e. The van der Waals surface area contributed by atoms with Crippen molar-refractivity contribution in [3.05, 3.63) is 59.8 Å². The van der Waals surface area contributed by atoms with Gasteiger partial charge in [0.1, 0.15) is 0 Å². The third-order valence-corrected chi connectivity index (χ3v) is 6.32. The molecule has 1 fully saturated rings. The van der Waals surface area contributed by atoms with E-state index in [4.69, 9.17) is 0 Å². The number of nitrogens with zero attached hydrogens (tertiary/aromatic N) is 3. The second-order valence-electron chi connectivity index (χ2n) is 8.62. The Morgan fingerprint density at radius 1 is 1.18 bits per heavy atom. The molecule has 0 spiro atoms. The topological polar surface area (TPSA) is 63.9 Å². The number of amides is 1. The summed E-state index contributed by atoms with van der Waals surface area (Å²) in [6.07, 6.45) is -0.407. The molecule has 0 radical (unpaired) electrons. The Balaban J connectivity index is 1.55. The van der Waals surface area contributed by atoms with E-state index in [0.717, 1.165) is 47.8 Å². The van der Waals surface area contributed by atoms with Gasteiger partial charge in [0.15, 0.2) is 5.65 Å². The second-order valence-corrected chi connectivity index (χ2v) is 8.62. The molecule has 9 heteroatoms. The van der Waals surface area contributed by atoms with E-state index in [-0.39, 0.29) is 18.0 Å². The SMILES string of the molecule is CC(NC(=O)c1ccc2c(c1)c1cn(C)nc1n2-c1ccc(C(F)(F)F)cc1)[C@H]1CCCN1. The van der Waals surface area contributed by atoms with Crippen molar-refractivity contribution >= 4 is 27.8 Å². The minimum absolute atomic E-state index is 0.00542. The lowest BCUT2D eigenvalue weighted by molar-refractivity contribution is -0.137. The van der Waals surface area contributed by atoms with Gasteiger partial charge in [0.25, 0.3) is 5.91 Å². The van der Waals surface area contributed by atoms with Crippen LogP contribution >= 0.6 is 0 Å². The zero-order chi connectivity index (χ0) is 23.3. The number of carbonyl (C=O) groups is 1. The number of carbonyl (C=O) groups excluding carboxylic acids is 1. The Kier molecular flexibility index (Phi) is 5.16. The average molecular weight is 455 g/mol. The molecule has 1 unspecified atom stereocenters. The maximum atomic E-state index is 13.0. The molecule has 1 aliphatic heterocycles. The summed E-state index contributed by atoms with van der Waals surface area (Å²) >= 11 is 0. The van der Waals surface area contributed by atoms with Gasteiger partial charge in [0, 0.05) is 47.4 Å². The molecule has 1 saturated heterocycles. The Bertz CT molecular complexity index is 1330. The molecule has 33 heavy (non-hydrogen) atoms. The molecule has 5 rings (SSSR count). The van der Waals surface area contributed by atoms with Gasteiger partial charge in [-0.25, -0.2) is 0 Å². The Labute approximate surface area is 188 Å². The van der Waals surface area contributed by atoms with Crippen LogP contribution in [0.15, 0.2) is 48.7 Å². The summed E-state index contributed by atoms with van der Waals surface area (Å²) in [5, 5.41) is 12.6. The Morgan fingerprint density at radius 3 is 2.61 bits per heavy atom. The number of benzene rings is 2. The maximum Gasteiger partial charge on any atom is 0.416 e. The lowest BCUT2D eigenvalue weighted by atomic mass is 10.1. The van der Waals surface area contributed by atoms with Gasteiger partial charge in [-0.05, 0) is 68.8 Å². The van der Waals surface area contributed by atoms with Crippen LogP contribution < -0.4 is 10.6 Å². The van der Waals surface area contributed by atoms with Gasteiger partial charge in [-0.3, -0.25) is 14.0 Å². The molecule has 0 bridgehead atoms. The standard InChI is InChI=1S/C24H24F3N5O/c1-14(20-4-3-11-28-20)29-23(33)15-5-10-21-18(12-15)19-13-31(2)30-22(19)32(21)17-8-6-16(7-9-17)24(25,26)27/h5-10,12-14,20,28H,3-4,11H2,1-2H3,(H,29,33)/t14?,20-/m1/s1. The quantitative estimate of drug-likeness (QED) is 0.479. The lowest BCUT2D eigenvalue weighted by Gasteiger charge is -2.20. The third kappa shape index (κ3) is 3.86. The number of hydrogen-bond donors (Lipinski definition) is 2. The van der Waals surface area contributed by atoms with Crippen LogP contribution in [0.2, 0.25) is 0 Å². The molecule has 6 nitrogen and oxygen atoms in total. The summed E-state index contributed by atoms with van der Waals surface area (Å²) < 4.78 is 42.5. The van der Waals surface area contributed by atoms with E-state index in [9.17, 15) is 18.0 Å². The van der Waals surface area contributed by atoms with Crippen molar-refractivity contribution in [2.45, 2.75) is 38.0 Å². The zero-order valence-electron chi connectivity index (χ0n) is 18.3. The number of halogens is 3. The van der Waals surface area contributed by atoms with Crippen molar-refractivity contribution in [3.8, 4) is 5.69 Å². The van der Waals surface area contributed by atoms with E-state index in [1.54, 1.807) is 17.8 Å². The minimum atomic E-state index is -4.40. The van der Waals surface area contributed by atoms with Gasteiger partial charge in [-0.1, -0.05) is 0 Å². The van der Waals surface area contributed by atoms with Crippen LogP contribution in [-0.2, 0) is 13.2 Å². The fourth-order valence-corrected chi connectivity index (χ4v) is 4.62. The Hall–Kier alpha value is -3.33. The number of hydrogen-bond acceptors (Lipinski definition) is 3. The van der Waals surface area contributed by atoms with Gasteiger partial charge in [0.05, 0.1) is 11.1 Å². The molecule has 2 N–H and O–H groups in total. The van der Waals surface area contributed by atoms with Gasteiger partial charge < -0.3 is 10.6 Å². The number of fused-ring (bicyclic) bond motifs is 3. The number of alkyl halides is 3. The fourth-order valence-electron chi connectivity index (χ4n) is 4.62. The number of rotatable bonds is 4. The highest BCUT2D eigenvalue weighted by molar-refractivity contribution is 6.10. The van der Waals surface area contributed by atoms with Crippen LogP contribution in [0.1, 0.15) is 35.7 Å². The summed E-state index contributed by atoms with van der Waals surface area (Å²) in [5.41, 5.74) is 1.79. The van der Waals surface area contributed by atoms with E-state index in [1.807, 2.05) is 29.8 Å². The molecular formula is C24H24F3N5O. The maximum absolute atomic E-state index is 13.0. The Morgan fingerprint density at radius 2 is 1.94 bits per heavy atom. The van der Waals surface area contributed by atoms with Gasteiger partial charge in [0.2, 0.25) is 0 Å². The predicted octanol–water partition coefficient (Wildman–Crippen LogP) is 4.41. The summed E-state index contributed by atoms with van der Waals surface area (Å²) in [6, 6.07) is 10.7. The monoisotopic (exact) mass is 455 g/mol. The molecule has 0 aliphatic carbocycles. The normalized spacial score (nSPS) is 17.7. The van der Waals surface area contributed by atoms with Crippen LogP contribution in [0.3, 0.4) is 0 Å². The summed E-state index contributed by atoms with van der Waals surface area (Å²) in [5.74, 6) is -0.155. The lowest BCUT2D eigenvalue weighted by Crippen LogP contribution is -2.45. The van der Waals surface area contributed by atoms with E-state index < -0.39 is 11.7 Å². The molecule has 2 aromatic heterocycles. The van der Waals surface area contributed by atoms with Gasteiger partial charge in [-0.15, -0.1) is 0 Å². The molecule has 3 heterocycles. The first-order valence-electron chi connectivity index (χ1n) is 10.9. The van der Waals surface area contributed by atoms with E-state index in [0.29, 0.717) is 16.9 Å². The molecule has 172 valence electrons. The smallest absolute Gasteiger partial charge is 0.348 e. The van der Waals surface area contributed by atoms with Crippen molar-refractivity contribution in [1.29, 1.82) is 0 Å². The highest BCUT2D eigenvalue weighted by atomic mass is 19.4. The number of nitrogens with one attached hydrogen (secondary N) is 2.